The van der Waals surface area contributed by atoms with E-state index in [1.54, 1.807) is 6.07 Å². The Hall–Kier alpha value is -1.88. The summed E-state index contributed by atoms with van der Waals surface area (Å²) in [7, 11) is 0. The van der Waals surface area contributed by atoms with Gasteiger partial charge in [0.15, 0.2) is 0 Å². The molecule has 2 amide bonds. The number of carbonyl (C=O) groups excluding carboxylic acids is 2. The minimum Gasteiger partial charge on any atom is -0.344 e. The van der Waals surface area contributed by atoms with E-state index < -0.39 is 11.8 Å². The van der Waals surface area contributed by atoms with Crippen LogP contribution in [0.25, 0.3) is 0 Å². The van der Waals surface area contributed by atoms with Gasteiger partial charge in [-0.05, 0) is 37.8 Å². The van der Waals surface area contributed by atoms with Gasteiger partial charge >= 0.3 is 11.8 Å². The van der Waals surface area contributed by atoms with Crippen LogP contribution in [0.2, 0.25) is 0 Å². The lowest BCUT2D eigenvalue weighted by molar-refractivity contribution is -0.136. The highest BCUT2D eigenvalue weighted by Crippen LogP contribution is 2.26. The molecule has 0 spiro atoms. The molecule has 0 bridgehead atoms. The predicted molar refractivity (Wildman–Crippen MR) is 90.2 cm³/mol. The number of nitrogens with zero attached hydrogens (tertiary/aromatic N) is 1. The highest BCUT2D eigenvalue weighted by Gasteiger charge is 2.31. The smallest absolute Gasteiger partial charge is 0.313 e. The first-order valence-electron chi connectivity index (χ1n) is 8.55. The zero-order valence-corrected chi connectivity index (χ0v) is 13.7. The number of aryl methyl sites for hydroxylation is 1. The van der Waals surface area contributed by atoms with Gasteiger partial charge < -0.3 is 10.6 Å². The lowest BCUT2D eigenvalue weighted by atomic mass is 10.2. The summed E-state index contributed by atoms with van der Waals surface area (Å²) in [6.45, 7) is 3.80. The van der Waals surface area contributed by atoms with Crippen molar-refractivity contribution in [2.45, 2.75) is 51.1 Å². The number of benzene rings is 1. The van der Waals surface area contributed by atoms with Crippen LogP contribution in [0, 0.1) is 6.92 Å². The van der Waals surface area contributed by atoms with Crippen LogP contribution in [0.5, 0.6) is 0 Å². The van der Waals surface area contributed by atoms with Crippen molar-refractivity contribution < 1.29 is 9.59 Å². The minimum atomic E-state index is -0.585. The number of carbonyl (C=O) groups is 2. The molecule has 5 nitrogen and oxygen atoms in total. The molecule has 1 aromatic rings. The van der Waals surface area contributed by atoms with E-state index in [-0.39, 0.29) is 6.04 Å². The second-order valence-electron chi connectivity index (χ2n) is 6.66. The second-order valence-corrected chi connectivity index (χ2v) is 6.66. The molecule has 1 aliphatic carbocycles. The molecule has 5 heteroatoms. The fourth-order valence-corrected chi connectivity index (χ4v) is 3.65. The quantitative estimate of drug-likeness (QED) is 0.840. The topological polar surface area (TPSA) is 61.4 Å². The molecule has 2 fully saturated rings. The number of hydrogen-bond acceptors (Lipinski definition) is 3. The van der Waals surface area contributed by atoms with Gasteiger partial charge in [-0.3, -0.25) is 14.5 Å². The maximum Gasteiger partial charge on any atom is 0.313 e. The van der Waals surface area contributed by atoms with Gasteiger partial charge in [0.25, 0.3) is 0 Å². The number of amides is 2. The summed E-state index contributed by atoms with van der Waals surface area (Å²) in [5.74, 6) is -1.12. The molecule has 0 radical (unpaired) electrons. The Balaban J connectivity index is 1.49. The summed E-state index contributed by atoms with van der Waals surface area (Å²) >= 11 is 0. The highest BCUT2D eigenvalue weighted by atomic mass is 16.2. The first-order chi connectivity index (χ1) is 11.1. The van der Waals surface area contributed by atoms with Crippen LogP contribution in [0.3, 0.4) is 0 Å². The molecule has 2 N–H and O–H groups in total. The van der Waals surface area contributed by atoms with E-state index in [2.05, 4.69) is 15.5 Å². The number of likely N-dealkylation sites (tertiary alicyclic amines) is 1. The molecule has 124 valence electrons. The van der Waals surface area contributed by atoms with Crippen LogP contribution in [0.15, 0.2) is 24.3 Å². The highest BCUT2D eigenvalue weighted by molar-refractivity contribution is 6.39. The zero-order valence-electron chi connectivity index (χ0n) is 13.7. The van der Waals surface area contributed by atoms with Crippen LogP contribution in [0.4, 0.5) is 5.69 Å². The van der Waals surface area contributed by atoms with Crippen LogP contribution in [-0.2, 0) is 9.59 Å². The van der Waals surface area contributed by atoms with Gasteiger partial charge in [-0.2, -0.15) is 0 Å². The third-order valence-electron chi connectivity index (χ3n) is 5.00. The summed E-state index contributed by atoms with van der Waals surface area (Å²) in [4.78, 5) is 26.6. The molecule has 23 heavy (non-hydrogen) atoms. The molecule has 1 saturated carbocycles. The van der Waals surface area contributed by atoms with Crippen molar-refractivity contribution in [2.75, 3.05) is 18.4 Å². The molecule has 1 heterocycles. The fraction of sp³-hybridized carbons (Fsp3) is 0.556. The van der Waals surface area contributed by atoms with Gasteiger partial charge in [0.05, 0.1) is 0 Å². The van der Waals surface area contributed by atoms with Crippen LogP contribution in [-0.4, -0.2) is 41.9 Å². The number of rotatable bonds is 3. The third kappa shape index (κ3) is 3.91. The summed E-state index contributed by atoms with van der Waals surface area (Å²) in [5.41, 5.74) is 1.63. The third-order valence-corrected chi connectivity index (χ3v) is 5.00. The fourth-order valence-electron chi connectivity index (χ4n) is 3.65. The van der Waals surface area contributed by atoms with E-state index >= 15 is 0 Å². The standard InChI is InChI=1S/C18H25N3O2/c1-13-6-2-5-9-16(13)20-18(23)17(22)19-14-10-11-21(12-14)15-7-3-4-8-15/h2,5-6,9,14-15H,3-4,7-8,10-12H2,1H3,(H,19,22)(H,20,23). The average molecular weight is 315 g/mol. The Morgan fingerprint density at radius 2 is 1.83 bits per heavy atom. The Kier molecular flexibility index (Phi) is 4.96. The molecule has 3 rings (SSSR count). The normalized spacial score (nSPS) is 22.2. The van der Waals surface area contributed by atoms with E-state index in [4.69, 9.17) is 0 Å². The van der Waals surface area contributed by atoms with Crippen molar-refractivity contribution in [1.82, 2.24) is 10.2 Å². The van der Waals surface area contributed by atoms with Crippen LogP contribution >= 0.6 is 0 Å². The maximum atomic E-state index is 12.1. The van der Waals surface area contributed by atoms with Crippen LogP contribution in [0.1, 0.15) is 37.7 Å². The van der Waals surface area contributed by atoms with Crippen molar-refractivity contribution in [3.05, 3.63) is 29.8 Å². The van der Waals surface area contributed by atoms with Crippen molar-refractivity contribution in [3.63, 3.8) is 0 Å². The molecular formula is C18H25N3O2. The summed E-state index contributed by atoms with van der Waals surface area (Å²) < 4.78 is 0. The van der Waals surface area contributed by atoms with Crippen molar-refractivity contribution in [1.29, 1.82) is 0 Å². The van der Waals surface area contributed by atoms with E-state index in [1.165, 1.54) is 25.7 Å². The summed E-state index contributed by atoms with van der Waals surface area (Å²) in [5, 5.41) is 5.56. The number of hydrogen-bond donors (Lipinski definition) is 2. The Labute approximate surface area is 137 Å². The van der Waals surface area contributed by atoms with Gasteiger partial charge in [0.1, 0.15) is 0 Å². The summed E-state index contributed by atoms with van der Waals surface area (Å²) in [6, 6.07) is 8.23. The molecule has 0 aromatic heterocycles. The SMILES string of the molecule is Cc1ccccc1NC(=O)C(=O)NC1CCN(C2CCCC2)C1. The first kappa shape index (κ1) is 16.0. The zero-order chi connectivity index (χ0) is 16.2. The Bertz CT molecular complexity index is 581. The Morgan fingerprint density at radius 3 is 2.57 bits per heavy atom. The maximum absolute atomic E-state index is 12.1. The average Bonchev–Trinajstić information content (AvgIpc) is 3.20. The number of anilines is 1. The molecule has 1 saturated heterocycles. The molecule has 1 aliphatic heterocycles. The van der Waals surface area contributed by atoms with Gasteiger partial charge in [-0.25, -0.2) is 0 Å². The number of para-hydroxylation sites is 1. The first-order valence-corrected chi connectivity index (χ1v) is 8.55. The predicted octanol–water partition coefficient (Wildman–Crippen LogP) is 2.07. The minimum absolute atomic E-state index is 0.0886. The van der Waals surface area contributed by atoms with Gasteiger partial charge in [0.2, 0.25) is 0 Å². The monoisotopic (exact) mass is 315 g/mol. The van der Waals surface area contributed by atoms with E-state index in [0.29, 0.717) is 11.7 Å². The van der Waals surface area contributed by atoms with Gasteiger partial charge in [0, 0.05) is 30.9 Å². The van der Waals surface area contributed by atoms with Crippen molar-refractivity contribution in [3.8, 4) is 0 Å². The van der Waals surface area contributed by atoms with E-state index in [1.807, 2.05) is 25.1 Å². The molecule has 2 aliphatic rings. The largest absolute Gasteiger partial charge is 0.344 e. The van der Waals surface area contributed by atoms with Crippen LogP contribution < -0.4 is 10.6 Å². The Morgan fingerprint density at radius 1 is 1.09 bits per heavy atom. The van der Waals surface area contributed by atoms with Gasteiger partial charge in [-0.15, -0.1) is 0 Å². The molecule has 1 atom stereocenters. The van der Waals surface area contributed by atoms with Crippen molar-refractivity contribution >= 4 is 17.5 Å². The molecular weight excluding hydrogens is 290 g/mol. The molecule has 1 unspecified atom stereocenters. The molecule has 1 aromatic carbocycles. The lowest BCUT2D eigenvalue weighted by Gasteiger charge is -2.23. The lowest BCUT2D eigenvalue weighted by Crippen LogP contribution is -2.44. The summed E-state index contributed by atoms with van der Waals surface area (Å²) in [6.07, 6.45) is 6.11. The number of nitrogens with one attached hydrogen (secondary N) is 2. The second kappa shape index (κ2) is 7.13. The van der Waals surface area contributed by atoms with Gasteiger partial charge in [-0.1, -0.05) is 31.0 Å². The van der Waals surface area contributed by atoms with Crippen molar-refractivity contribution in [2.24, 2.45) is 0 Å². The van der Waals surface area contributed by atoms with E-state index in [9.17, 15) is 9.59 Å². The van der Waals surface area contributed by atoms with E-state index in [0.717, 1.165) is 25.1 Å².